The van der Waals surface area contributed by atoms with E-state index in [1.807, 2.05) is 31.2 Å². The van der Waals surface area contributed by atoms with Crippen molar-refractivity contribution in [2.75, 3.05) is 12.4 Å². The standard InChI is InChI=1S/C17H18N2O3S/c1-13-5-3-4-6-16(13)19-17(20)12-9-14-7-10-15(11-8-14)23(21,22)18-2/h3-12,18H,1-2H3,(H,19,20)/b12-9+. The quantitative estimate of drug-likeness (QED) is 0.827. The van der Waals surface area contributed by atoms with Gasteiger partial charge in [0.25, 0.3) is 0 Å². The van der Waals surface area contributed by atoms with E-state index < -0.39 is 10.0 Å². The smallest absolute Gasteiger partial charge is 0.248 e. The molecule has 0 unspecified atom stereocenters. The molecule has 0 saturated carbocycles. The van der Waals surface area contributed by atoms with Crippen LogP contribution in [-0.4, -0.2) is 21.4 Å². The molecule has 0 aliphatic carbocycles. The fourth-order valence-electron chi connectivity index (χ4n) is 1.94. The number of rotatable bonds is 5. The van der Waals surface area contributed by atoms with Gasteiger partial charge in [-0.25, -0.2) is 13.1 Å². The van der Waals surface area contributed by atoms with E-state index in [0.717, 1.165) is 16.8 Å². The van der Waals surface area contributed by atoms with Crippen molar-refractivity contribution in [2.45, 2.75) is 11.8 Å². The summed E-state index contributed by atoms with van der Waals surface area (Å²) in [4.78, 5) is 12.1. The van der Waals surface area contributed by atoms with Crippen LogP contribution in [0.25, 0.3) is 6.08 Å². The van der Waals surface area contributed by atoms with Gasteiger partial charge in [0, 0.05) is 11.8 Å². The minimum absolute atomic E-state index is 0.182. The SMILES string of the molecule is CNS(=O)(=O)c1ccc(/C=C/C(=O)Nc2ccccc2C)cc1. The first kappa shape index (κ1) is 16.9. The van der Waals surface area contributed by atoms with Crippen LogP contribution in [0.3, 0.4) is 0 Å². The van der Waals surface area contributed by atoms with Gasteiger partial charge in [-0.05, 0) is 49.4 Å². The molecule has 6 heteroatoms. The number of aryl methyl sites for hydroxylation is 1. The Hall–Kier alpha value is -2.44. The number of hydrogen-bond donors (Lipinski definition) is 2. The Morgan fingerprint density at radius 3 is 2.30 bits per heavy atom. The van der Waals surface area contributed by atoms with E-state index in [-0.39, 0.29) is 10.8 Å². The Balaban J connectivity index is 2.06. The maximum absolute atomic E-state index is 11.9. The van der Waals surface area contributed by atoms with E-state index in [9.17, 15) is 13.2 Å². The molecule has 120 valence electrons. The molecule has 0 aliphatic heterocycles. The van der Waals surface area contributed by atoms with Crippen LogP contribution in [0, 0.1) is 6.92 Å². The Labute approximate surface area is 136 Å². The summed E-state index contributed by atoms with van der Waals surface area (Å²) in [6.45, 7) is 1.92. The normalized spacial score (nSPS) is 11.6. The molecule has 2 N–H and O–H groups in total. The summed E-state index contributed by atoms with van der Waals surface area (Å²) < 4.78 is 25.5. The van der Waals surface area contributed by atoms with Crippen molar-refractivity contribution in [2.24, 2.45) is 0 Å². The first-order valence-corrected chi connectivity index (χ1v) is 8.49. The highest BCUT2D eigenvalue weighted by Crippen LogP contribution is 2.14. The highest BCUT2D eigenvalue weighted by molar-refractivity contribution is 7.89. The average Bonchev–Trinajstić information content (AvgIpc) is 2.55. The molecule has 0 saturated heterocycles. The highest BCUT2D eigenvalue weighted by Gasteiger charge is 2.09. The van der Waals surface area contributed by atoms with Crippen LogP contribution in [0.1, 0.15) is 11.1 Å². The number of hydrogen-bond acceptors (Lipinski definition) is 3. The van der Waals surface area contributed by atoms with Crippen molar-refractivity contribution >= 4 is 27.7 Å². The number of carbonyl (C=O) groups is 1. The zero-order valence-electron chi connectivity index (χ0n) is 12.9. The van der Waals surface area contributed by atoms with Crippen LogP contribution in [0.2, 0.25) is 0 Å². The molecule has 1 amide bonds. The topological polar surface area (TPSA) is 75.3 Å². The van der Waals surface area contributed by atoms with Crippen LogP contribution in [0.5, 0.6) is 0 Å². The van der Waals surface area contributed by atoms with Gasteiger partial charge in [0.1, 0.15) is 0 Å². The van der Waals surface area contributed by atoms with Crippen molar-refractivity contribution in [1.29, 1.82) is 0 Å². The predicted octanol–water partition coefficient (Wildman–Crippen LogP) is 2.56. The Morgan fingerprint density at radius 1 is 1.04 bits per heavy atom. The minimum Gasteiger partial charge on any atom is -0.322 e. The lowest BCUT2D eigenvalue weighted by Gasteiger charge is -2.05. The third-order valence-corrected chi connectivity index (χ3v) is 4.72. The van der Waals surface area contributed by atoms with Gasteiger partial charge in [0.15, 0.2) is 0 Å². The third kappa shape index (κ3) is 4.51. The van der Waals surface area contributed by atoms with E-state index in [1.54, 1.807) is 18.2 Å². The van der Waals surface area contributed by atoms with Gasteiger partial charge in [-0.2, -0.15) is 0 Å². The summed E-state index contributed by atoms with van der Waals surface area (Å²) in [5, 5.41) is 2.79. The summed E-state index contributed by atoms with van der Waals surface area (Å²) in [6, 6.07) is 13.8. The molecule has 0 fully saturated rings. The molecular formula is C17H18N2O3S. The van der Waals surface area contributed by atoms with Crippen molar-refractivity contribution in [3.8, 4) is 0 Å². The molecule has 2 aromatic carbocycles. The molecule has 0 bridgehead atoms. The number of amides is 1. The van der Waals surface area contributed by atoms with E-state index in [1.165, 1.54) is 25.3 Å². The maximum Gasteiger partial charge on any atom is 0.248 e. The molecule has 0 spiro atoms. The fourth-order valence-corrected chi connectivity index (χ4v) is 2.67. The second-order valence-electron chi connectivity index (χ2n) is 4.91. The Bertz CT molecular complexity index is 825. The molecule has 2 aromatic rings. The number of para-hydroxylation sites is 1. The van der Waals surface area contributed by atoms with Crippen LogP contribution in [-0.2, 0) is 14.8 Å². The number of sulfonamides is 1. The Morgan fingerprint density at radius 2 is 1.70 bits per heavy atom. The number of carbonyl (C=O) groups excluding carboxylic acids is 1. The molecule has 2 rings (SSSR count). The molecule has 5 nitrogen and oxygen atoms in total. The van der Waals surface area contributed by atoms with E-state index >= 15 is 0 Å². The fraction of sp³-hybridized carbons (Fsp3) is 0.118. The first-order valence-electron chi connectivity index (χ1n) is 7.01. The van der Waals surface area contributed by atoms with Crippen LogP contribution >= 0.6 is 0 Å². The monoisotopic (exact) mass is 330 g/mol. The summed E-state index contributed by atoms with van der Waals surface area (Å²) in [6.07, 6.45) is 3.04. The van der Waals surface area contributed by atoms with Crippen molar-refractivity contribution in [3.05, 3.63) is 65.7 Å². The van der Waals surface area contributed by atoms with Crippen LogP contribution in [0.15, 0.2) is 59.5 Å². The average molecular weight is 330 g/mol. The maximum atomic E-state index is 11.9. The molecule has 0 aromatic heterocycles. The molecule has 23 heavy (non-hydrogen) atoms. The largest absolute Gasteiger partial charge is 0.322 e. The lowest BCUT2D eigenvalue weighted by Crippen LogP contribution is -2.18. The Kier molecular flexibility index (Phi) is 5.31. The zero-order chi connectivity index (χ0) is 16.9. The molecule has 0 aliphatic rings. The van der Waals surface area contributed by atoms with Gasteiger partial charge < -0.3 is 5.32 Å². The van der Waals surface area contributed by atoms with Crippen molar-refractivity contribution in [3.63, 3.8) is 0 Å². The number of anilines is 1. The second-order valence-corrected chi connectivity index (χ2v) is 6.80. The van der Waals surface area contributed by atoms with E-state index in [2.05, 4.69) is 10.0 Å². The van der Waals surface area contributed by atoms with Crippen LogP contribution < -0.4 is 10.0 Å². The summed E-state index contributed by atoms with van der Waals surface area (Å²) in [5.74, 6) is -0.244. The van der Waals surface area contributed by atoms with Gasteiger partial charge >= 0.3 is 0 Å². The van der Waals surface area contributed by atoms with Crippen molar-refractivity contribution < 1.29 is 13.2 Å². The van der Waals surface area contributed by atoms with Gasteiger partial charge in [0.05, 0.1) is 4.90 Å². The van der Waals surface area contributed by atoms with E-state index in [0.29, 0.717) is 0 Å². The van der Waals surface area contributed by atoms with E-state index in [4.69, 9.17) is 0 Å². The third-order valence-electron chi connectivity index (χ3n) is 3.29. The van der Waals surface area contributed by atoms with Gasteiger partial charge in [-0.1, -0.05) is 30.3 Å². The van der Waals surface area contributed by atoms with Crippen molar-refractivity contribution in [1.82, 2.24) is 4.72 Å². The summed E-state index contributed by atoms with van der Waals surface area (Å²) in [7, 11) is -2.08. The second kappa shape index (κ2) is 7.21. The lowest BCUT2D eigenvalue weighted by atomic mass is 10.2. The lowest BCUT2D eigenvalue weighted by molar-refractivity contribution is -0.111. The molecule has 0 atom stereocenters. The first-order chi connectivity index (χ1) is 10.9. The summed E-state index contributed by atoms with van der Waals surface area (Å²) >= 11 is 0. The summed E-state index contributed by atoms with van der Waals surface area (Å²) in [5.41, 5.74) is 2.48. The minimum atomic E-state index is -3.45. The number of nitrogens with one attached hydrogen (secondary N) is 2. The predicted molar refractivity (Wildman–Crippen MR) is 91.5 cm³/mol. The van der Waals surface area contributed by atoms with Gasteiger partial charge in [-0.15, -0.1) is 0 Å². The number of benzene rings is 2. The van der Waals surface area contributed by atoms with Gasteiger partial charge in [-0.3, -0.25) is 4.79 Å². The van der Waals surface area contributed by atoms with Gasteiger partial charge in [0.2, 0.25) is 15.9 Å². The highest BCUT2D eigenvalue weighted by atomic mass is 32.2. The van der Waals surface area contributed by atoms with Crippen LogP contribution in [0.4, 0.5) is 5.69 Å². The molecular weight excluding hydrogens is 312 g/mol. The molecule has 0 radical (unpaired) electrons. The molecule has 0 heterocycles. The zero-order valence-corrected chi connectivity index (χ0v) is 13.7.